The van der Waals surface area contributed by atoms with Gasteiger partial charge in [0.2, 0.25) is 35.4 Å². The van der Waals surface area contributed by atoms with Crippen molar-refractivity contribution in [3.05, 3.63) is 41.2 Å². The Balaban J connectivity index is 1.12. The van der Waals surface area contributed by atoms with Crippen molar-refractivity contribution in [2.45, 2.75) is 159 Å². The molecular weight excluding hydrogens is 920 g/mol. The van der Waals surface area contributed by atoms with Gasteiger partial charge in [0.05, 0.1) is 12.7 Å². The van der Waals surface area contributed by atoms with E-state index in [2.05, 4.69) is 15.7 Å². The predicted octanol–water partition coefficient (Wildman–Crippen LogP) is 6.63. The lowest BCUT2D eigenvalue weighted by Crippen LogP contribution is -2.66. The summed E-state index contributed by atoms with van der Waals surface area (Å²) in [5.41, 5.74) is -0.914. The molecule has 2 aliphatic heterocycles. The Morgan fingerprint density at radius 1 is 0.971 bits per heavy atom. The van der Waals surface area contributed by atoms with Crippen molar-refractivity contribution >= 4 is 47.0 Å². The molecule has 14 nitrogen and oxygen atoms in total. The van der Waals surface area contributed by atoms with Crippen LogP contribution in [-0.4, -0.2) is 142 Å². The molecular formula is C50H69ClF4N8O6. The summed E-state index contributed by atoms with van der Waals surface area (Å²) in [7, 11) is 6.53. The van der Waals surface area contributed by atoms with Gasteiger partial charge in [-0.1, -0.05) is 63.6 Å². The number of alkyl halides is 4. The molecule has 380 valence electrons. The van der Waals surface area contributed by atoms with Gasteiger partial charge in [-0.25, -0.2) is 4.39 Å². The Morgan fingerprint density at radius 2 is 1.65 bits per heavy atom. The average molecular weight is 990 g/mol. The van der Waals surface area contributed by atoms with Crippen molar-refractivity contribution in [2.75, 3.05) is 34.2 Å². The van der Waals surface area contributed by atoms with Crippen LogP contribution in [0.3, 0.4) is 0 Å². The zero-order valence-corrected chi connectivity index (χ0v) is 41.5. The first kappa shape index (κ1) is 52.1. The molecule has 2 N–H and O–H groups in total. The Bertz CT molecular complexity index is 2240. The van der Waals surface area contributed by atoms with Gasteiger partial charge in [0.15, 0.2) is 0 Å². The highest BCUT2D eigenvalue weighted by molar-refractivity contribution is 6.30. The topological polar surface area (TPSA) is 157 Å². The summed E-state index contributed by atoms with van der Waals surface area (Å²) in [4.78, 5) is 91.6. The smallest absolute Gasteiger partial charge is 0.344 e. The number of hydrogen-bond acceptors (Lipinski definition) is 7. The van der Waals surface area contributed by atoms with E-state index in [1.165, 1.54) is 16.8 Å². The standard InChI is InChI=1S/C50H69ClF4N8O6/c1-30(2)21-37-44(66)62(6)40(23-32-22-34(51)16-17-36(32)33-25-56-60(4)26-33)45(67)59(3)20-11-9-7-8-10-13-38(42(64)57-37)61(5)46(68)41(31-14-15-31)58-43(65)39-24-35(52)27-63(39)47(69)49(50(53,54)55)28-48(29-49)18-12-19-48/h16-17,22,25-26,30-31,35,37-41H,7-15,18-21,23-24,27-29H2,1-6H3,(H,57,64)(H,58,65)/t35-,37+,38+,39+,40+,41+/m1/s1. The number of benzene rings is 1. The van der Waals surface area contributed by atoms with E-state index in [-0.39, 0.29) is 49.8 Å². The first-order valence-corrected chi connectivity index (χ1v) is 25.1. The summed E-state index contributed by atoms with van der Waals surface area (Å²) in [5, 5.41) is 10.4. The second-order valence-electron chi connectivity index (χ2n) is 21.3. The van der Waals surface area contributed by atoms with Crippen LogP contribution in [0.25, 0.3) is 11.1 Å². The fourth-order valence-electron chi connectivity index (χ4n) is 11.3. The number of hydrogen-bond donors (Lipinski definition) is 2. The molecule has 0 bridgehead atoms. The van der Waals surface area contributed by atoms with Crippen molar-refractivity contribution < 1.29 is 46.3 Å². The van der Waals surface area contributed by atoms with Crippen molar-refractivity contribution in [3.63, 3.8) is 0 Å². The van der Waals surface area contributed by atoms with E-state index in [1.54, 1.807) is 49.1 Å². The van der Waals surface area contributed by atoms with Crippen LogP contribution < -0.4 is 10.6 Å². The van der Waals surface area contributed by atoms with Gasteiger partial charge in [0, 0.05) is 64.4 Å². The highest BCUT2D eigenvalue weighted by Crippen LogP contribution is 2.69. The Kier molecular flexibility index (Phi) is 15.8. The number of rotatable bonds is 11. The SMILES string of the molecule is CC(C)C[C@@H]1NC(=O)[C@@H](N(C)C(=O)[C@@H](NC(=O)[C@@H]2C[C@@H](F)CN2C(=O)C2(C(F)(F)F)CC3(CCC3)C2)C2CC2)CCCCCCCN(C)C(=O)[C@H](Cc2cc(Cl)ccc2-c2cnn(C)c2)N(C)C1=O. The quantitative estimate of drug-likeness (QED) is 0.240. The van der Waals surface area contributed by atoms with Gasteiger partial charge in [-0.3, -0.25) is 33.4 Å². The van der Waals surface area contributed by atoms with E-state index in [0.717, 1.165) is 40.9 Å². The molecule has 6 atom stereocenters. The molecule has 0 radical (unpaired) electrons. The van der Waals surface area contributed by atoms with Gasteiger partial charge >= 0.3 is 6.18 Å². The maximum Gasteiger partial charge on any atom is 0.403 e. The number of aromatic nitrogens is 2. The van der Waals surface area contributed by atoms with Gasteiger partial charge in [0.1, 0.15) is 41.8 Å². The van der Waals surface area contributed by atoms with Crippen LogP contribution in [0, 0.1) is 22.7 Å². The molecule has 2 aromatic rings. The molecule has 2 saturated heterocycles. The number of likely N-dealkylation sites (N-methyl/N-ethyl adjacent to an activating group) is 3. The molecule has 3 heterocycles. The lowest BCUT2D eigenvalue weighted by atomic mass is 9.44. The fourth-order valence-corrected chi connectivity index (χ4v) is 11.5. The maximum absolute atomic E-state index is 15.1. The molecule has 1 spiro atoms. The van der Waals surface area contributed by atoms with Crippen molar-refractivity contribution in [1.29, 1.82) is 0 Å². The van der Waals surface area contributed by atoms with Gasteiger partial charge in [-0.15, -0.1) is 0 Å². The van der Waals surface area contributed by atoms with E-state index < -0.39 is 95.9 Å². The number of carbonyl (C=O) groups is 6. The fraction of sp³-hybridized carbons (Fsp3) is 0.700. The molecule has 5 aliphatic rings. The summed E-state index contributed by atoms with van der Waals surface area (Å²) in [5.74, 6) is -4.65. The first-order chi connectivity index (χ1) is 32.5. The molecule has 0 unspecified atom stereocenters. The Labute approximate surface area is 407 Å². The zero-order valence-electron chi connectivity index (χ0n) is 40.8. The van der Waals surface area contributed by atoms with E-state index >= 15 is 4.39 Å². The number of likely N-dealkylation sites (tertiary alicyclic amines) is 1. The highest BCUT2D eigenvalue weighted by atomic mass is 35.5. The van der Waals surface area contributed by atoms with Crippen LogP contribution >= 0.6 is 11.6 Å². The minimum atomic E-state index is -4.88. The van der Waals surface area contributed by atoms with Crippen LogP contribution in [0.5, 0.6) is 0 Å². The van der Waals surface area contributed by atoms with Crippen molar-refractivity contribution in [3.8, 4) is 11.1 Å². The number of aryl methyl sites for hydroxylation is 1. The van der Waals surface area contributed by atoms with Crippen LogP contribution in [0.15, 0.2) is 30.6 Å². The van der Waals surface area contributed by atoms with E-state index in [4.69, 9.17) is 11.6 Å². The van der Waals surface area contributed by atoms with Crippen LogP contribution in [-0.2, 0) is 42.2 Å². The second-order valence-corrected chi connectivity index (χ2v) is 21.7. The minimum absolute atomic E-state index is 0.0898. The van der Waals surface area contributed by atoms with E-state index in [1.807, 2.05) is 26.1 Å². The predicted molar refractivity (Wildman–Crippen MR) is 251 cm³/mol. The zero-order chi connectivity index (χ0) is 50.2. The normalized spacial score (nSPS) is 26.3. The highest BCUT2D eigenvalue weighted by Gasteiger charge is 2.73. The number of nitrogens with zero attached hydrogens (tertiary/aromatic N) is 6. The van der Waals surface area contributed by atoms with Gasteiger partial charge < -0.3 is 30.2 Å². The number of halogens is 5. The lowest BCUT2D eigenvalue weighted by molar-refractivity contribution is -0.285. The monoisotopic (exact) mass is 988 g/mol. The van der Waals surface area contributed by atoms with E-state index in [9.17, 15) is 41.9 Å². The maximum atomic E-state index is 15.1. The summed E-state index contributed by atoms with van der Waals surface area (Å²) in [6.45, 7) is 3.60. The first-order valence-electron chi connectivity index (χ1n) is 24.7. The largest absolute Gasteiger partial charge is 0.403 e. The molecule has 5 fully saturated rings. The molecule has 6 amide bonds. The summed E-state index contributed by atoms with van der Waals surface area (Å²) >= 11 is 6.53. The third-order valence-corrected chi connectivity index (χ3v) is 15.8. The molecule has 3 aliphatic carbocycles. The van der Waals surface area contributed by atoms with E-state index in [0.29, 0.717) is 56.5 Å². The van der Waals surface area contributed by atoms with Crippen LogP contribution in [0.1, 0.15) is 116 Å². The Hall–Kier alpha value is -4.74. The van der Waals surface area contributed by atoms with Gasteiger partial charge in [-0.2, -0.15) is 18.3 Å². The molecule has 1 aromatic carbocycles. The number of amides is 6. The van der Waals surface area contributed by atoms with Crippen LogP contribution in [0.4, 0.5) is 17.6 Å². The van der Waals surface area contributed by atoms with Crippen molar-refractivity contribution in [1.82, 2.24) is 40.0 Å². The van der Waals surface area contributed by atoms with Crippen molar-refractivity contribution in [2.24, 2.45) is 29.7 Å². The molecule has 19 heteroatoms. The molecule has 3 saturated carbocycles. The summed E-state index contributed by atoms with van der Waals surface area (Å²) in [6.07, 6.45) is 2.77. The van der Waals surface area contributed by atoms with Gasteiger partial charge in [0.25, 0.3) is 0 Å². The third-order valence-electron chi connectivity index (χ3n) is 15.6. The summed E-state index contributed by atoms with van der Waals surface area (Å²) in [6, 6.07) is -0.561. The molecule has 7 rings (SSSR count). The second kappa shape index (κ2) is 20.9. The minimum Gasteiger partial charge on any atom is -0.344 e. The summed E-state index contributed by atoms with van der Waals surface area (Å²) < 4.78 is 60.9. The molecule has 1 aromatic heterocycles. The van der Waals surface area contributed by atoms with Crippen LogP contribution in [0.2, 0.25) is 5.02 Å². The number of carbonyl (C=O) groups excluding carboxylic acids is 6. The third kappa shape index (κ3) is 11.3. The lowest BCUT2D eigenvalue weighted by Gasteiger charge is -2.60. The average Bonchev–Trinajstić information content (AvgIpc) is 3.89. The Morgan fingerprint density at radius 3 is 2.26 bits per heavy atom. The van der Waals surface area contributed by atoms with Gasteiger partial charge in [-0.05, 0) is 98.3 Å². The molecule has 69 heavy (non-hydrogen) atoms. The number of nitrogens with one attached hydrogen (secondary N) is 2.